The number of piperidine rings is 1. The van der Waals surface area contributed by atoms with Crippen molar-refractivity contribution in [2.75, 3.05) is 46.1 Å². The summed E-state index contributed by atoms with van der Waals surface area (Å²) in [6.45, 7) is 5.20. The molecule has 10 heteroatoms. The van der Waals surface area contributed by atoms with Crippen LogP contribution in [0.15, 0.2) is 35.4 Å². The van der Waals surface area contributed by atoms with Crippen molar-refractivity contribution in [1.29, 1.82) is 0 Å². The summed E-state index contributed by atoms with van der Waals surface area (Å²) in [5, 5.41) is 0.630. The first kappa shape index (κ1) is 23.8. The monoisotopic (exact) mass is 519 g/mol. The first-order chi connectivity index (χ1) is 18.6. The van der Waals surface area contributed by atoms with Crippen molar-refractivity contribution in [2.45, 2.75) is 31.4 Å². The first-order valence-corrected chi connectivity index (χ1v) is 13.2. The molecule has 3 aliphatic rings. The van der Waals surface area contributed by atoms with Gasteiger partial charge < -0.3 is 19.1 Å². The third-order valence-corrected chi connectivity index (χ3v) is 8.15. The molecule has 198 valence electrons. The average Bonchev–Trinajstić information content (AvgIpc) is 3.06. The number of nitrogens with zero attached hydrogens (tertiary/aromatic N) is 5. The van der Waals surface area contributed by atoms with Crippen LogP contribution < -0.4 is 10.4 Å². The molecule has 0 N–H and O–H groups in total. The number of halogens is 1. The molecule has 6 heterocycles. The molecule has 0 amide bonds. The smallest absolute Gasteiger partial charge is 0.329 e. The number of hydrogen-bond acceptors (Lipinski definition) is 7. The molecule has 3 aliphatic heterocycles. The highest BCUT2D eigenvalue weighted by atomic mass is 19.1. The van der Waals surface area contributed by atoms with Crippen LogP contribution >= 0.6 is 0 Å². The molecule has 0 radical (unpaired) electrons. The number of aryl methyl sites for hydroxylation is 1. The third-order valence-electron chi connectivity index (χ3n) is 8.15. The normalized spacial score (nSPS) is 18.7. The second-order valence-electron chi connectivity index (χ2n) is 10.6. The van der Waals surface area contributed by atoms with Crippen molar-refractivity contribution in [1.82, 2.24) is 24.0 Å². The summed E-state index contributed by atoms with van der Waals surface area (Å²) in [6.07, 6.45) is 7.13. The van der Waals surface area contributed by atoms with Gasteiger partial charge >= 0.3 is 5.69 Å². The van der Waals surface area contributed by atoms with E-state index < -0.39 is 11.4 Å². The molecule has 1 spiro atoms. The van der Waals surface area contributed by atoms with Gasteiger partial charge in [0.15, 0.2) is 0 Å². The molecule has 1 aromatic carbocycles. The highest BCUT2D eigenvalue weighted by molar-refractivity contribution is 6.09. The Bertz CT molecular complexity index is 1590. The van der Waals surface area contributed by atoms with E-state index in [0.717, 1.165) is 25.3 Å². The molecule has 0 bridgehead atoms. The summed E-state index contributed by atoms with van der Waals surface area (Å²) in [6, 6.07) is 5.12. The fourth-order valence-electron chi connectivity index (χ4n) is 5.97. The molecule has 0 unspecified atom stereocenters. The van der Waals surface area contributed by atoms with Crippen molar-refractivity contribution in [3.8, 4) is 16.9 Å². The molecule has 4 aromatic rings. The molecule has 7 rings (SSSR count). The van der Waals surface area contributed by atoms with Gasteiger partial charge in [0.2, 0.25) is 0 Å². The fraction of sp³-hybridized carbons (Fsp3) is 0.464. The molecule has 38 heavy (non-hydrogen) atoms. The zero-order valence-corrected chi connectivity index (χ0v) is 21.4. The van der Waals surface area contributed by atoms with Gasteiger partial charge in [0, 0.05) is 31.4 Å². The Morgan fingerprint density at radius 1 is 1.11 bits per heavy atom. The maximum Gasteiger partial charge on any atom is 0.329 e. The Balaban J connectivity index is 1.23. The summed E-state index contributed by atoms with van der Waals surface area (Å²) in [5.74, 6) is -0.0640. The van der Waals surface area contributed by atoms with Gasteiger partial charge in [-0.3, -0.25) is 19.1 Å². The van der Waals surface area contributed by atoms with Gasteiger partial charge in [-0.15, -0.1) is 0 Å². The van der Waals surface area contributed by atoms with Crippen LogP contribution in [-0.2, 0) is 28.7 Å². The van der Waals surface area contributed by atoms with Gasteiger partial charge in [0.1, 0.15) is 23.7 Å². The summed E-state index contributed by atoms with van der Waals surface area (Å²) in [5.41, 5.74) is 2.72. The zero-order chi connectivity index (χ0) is 25.9. The molecule has 2 saturated heterocycles. The lowest BCUT2D eigenvalue weighted by Crippen LogP contribution is -2.58. The number of ether oxygens (including phenoxy) is 3. The SMILES string of the molecule is Cn1c(=O)n2c3c4c(c(-c5ccc(COCCN6CCCCC6)nc5)c(F)cc4ncc31)OCC21COC1. The molecule has 0 saturated carbocycles. The highest BCUT2D eigenvalue weighted by Crippen LogP contribution is 2.45. The average molecular weight is 520 g/mol. The molecule has 2 fully saturated rings. The van der Waals surface area contributed by atoms with Crippen molar-refractivity contribution in [2.24, 2.45) is 7.05 Å². The van der Waals surface area contributed by atoms with E-state index in [1.54, 1.807) is 28.6 Å². The zero-order valence-electron chi connectivity index (χ0n) is 21.4. The predicted octanol–water partition coefficient (Wildman–Crippen LogP) is 3.21. The third kappa shape index (κ3) is 3.65. The van der Waals surface area contributed by atoms with Crippen LogP contribution in [0.25, 0.3) is 33.1 Å². The van der Waals surface area contributed by atoms with E-state index in [-0.39, 0.29) is 12.3 Å². The molecular formula is C28H30FN5O4. The summed E-state index contributed by atoms with van der Waals surface area (Å²) in [4.78, 5) is 24.8. The number of benzene rings is 1. The minimum Gasteiger partial charge on any atom is -0.489 e. The minimum atomic E-state index is -0.634. The summed E-state index contributed by atoms with van der Waals surface area (Å²) in [7, 11) is 1.73. The lowest BCUT2D eigenvalue weighted by Gasteiger charge is -2.40. The van der Waals surface area contributed by atoms with E-state index in [1.807, 2.05) is 12.1 Å². The molecule has 0 atom stereocenters. The molecular weight excluding hydrogens is 489 g/mol. The van der Waals surface area contributed by atoms with Crippen molar-refractivity contribution >= 4 is 21.9 Å². The number of rotatable bonds is 6. The van der Waals surface area contributed by atoms with Crippen LogP contribution in [0.1, 0.15) is 25.0 Å². The van der Waals surface area contributed by atoms with Gasteiger partial charge in [-0.1, -0.05) is 12.5 Å². The van der Waals surface area contributed by atoms with Crippen LogP contribution in [0.4, 0.5) is 4.39 Å². The van der Waals surface area contributed by atoms with Crippen molar-refractivity contribution in [3.05, 3.63) is 52.6 Å². The Hall–Kier alpha value is -3.34. The first-order valence-electron chi connectivity index (χ1n) is 13.2. The van der Waals surface area contributed by atoms with Gasteiger partial charge in [0.25, 0.3) is 0 Å². The maximum atomic E-state index is 15.6. The minimum absolute atomic E-state index is 0.161. The van der Waals surface area contributed by atoms with Gasteiger partial charge in [-0.2, -0.15) is 0 Å². The molecule has 9 nitrogen and oxygen atoms in total. The molecule has 3 aromatic heterocycles. The summed E-state index contributed by atoms with van der Waals surface area (Å²) < 4.78 is 36.7. The van der Waals surface area contributed by atoms with Gasteiger partial charge in [-0.05, 0) is 32.0 Å². The van der Waals surface area contributed by atoms with E-state index in [2.05, 4.69) is 14.9 Å². The van der Waals surface area contributed by atoms with Crippen molar-refractivity contribution in [3.63, 3.8) is 0 Å². The van der Waals surface area contributed by atoms with E-state index in [9.17, 15) is 4.79 Å². The van der Waals surface area contributed by atoms with Crippen LogP contribution in [0.2, 0.25) is 0 Å². The second kappa shape index (κ2) is 9.14. The lowest BCUT2D eigenvalue weighted by atomic mass is 9.98. The Kier molecular flexibility index (Phi) is 5.72. The number of aromatic nitrogens is 4. The quantitative estimate of drug-likeness (QED) is 0.362. The maximum absolute atomic E-state index is 15.6. The number of fused-ring (bicyclic) bond motifs is 1. The predicted molar refractivity (Wildman–Crippen MR) is 140 cm³/mol. The highest BCUT2D eigenvalue weighted by Gasteiger charge is 2.46. The van der Waals surface area contributed by atoms with E-state index in [1.165, 1.54) is 25.3 Å². The van der Waals surface area contributed by atoms with E-state index in [0.29, 0.717) is 65.2 Å². The van der Waals surface area contributed by atoms with Crippen molar-refractivity contribution < 1.29 is 18.6 Å². The molecule has 0 aliphatic carbocycles. The Morgan fingerprint density at radius 3 is 2.68 bits per heavy atom. The van der Waals surface area contributed by atoms with E-state index >= 15 is 4.39 Å². The number of likely N-dealkylation sites (tertiary alicyclic amines) is 1. The van der Waals surface area contributed by atoms with Crippen LogP contribution in [0.3, 0.4) is 0 Å². The van der Waals surface area contributed by atoms with Crippen LogP contribution in [0, 0.1) is 5.82 Å². The van der Waals surface area contributed by atoms with Gasteiger partial charge in [-0.25, -0.2) is 9.18 Å². The largest absolute Gasteiger partial charge is 0.489 e. The van der Waals surface area contributed by atoms with Crippen LogP contribution in [0.5, 0.6) is 5.75 Å². The van der Waals surface area contributed by atoms with E-state index in [4.69, 9.17) is 14.2 Å². The Morgan fingerprint density at radius 2 is 1.95 bits per heavy atom. The van der Waals surface area contributed by atoms with Crippen LogP contribution in [-0.4, -0.2) is 70.1 Å². The Labute approximate surface area is 218 Å². The van der Waals surface area contributed by atoms with Gasteiger partial charge in [0.05, 0.1) is 65.8 Å². The fourth-order valence-corrected chi connectivity index (χ4v) is 5.97. The number of imidazole rings is 1. The topological polar surface area (TPSA) is 83.6 Å². The lowest BCUT2D eigenvalue weighted by molar-refractivity contribution is -0.118. The second-order valence-corrected chi connectivity index (χ2v) is 10.6. The standard InChI is InChI=1S/C28H30FN5O4/c1-32-22-13-31-21-11-20(29)23(26-24(21)25(22)34(27(32)35)28(17-38-26)15-37-16-28)18-5-6-19(30-12-18)14-36-10-9-33-7-3-2-4-8-33/h5-6,11-13H,2-4,7-10,14-17H2,1H3. The number of hydrogen-bond donors (Lipinski definition) is 0. The number of pyridine rings is 2. The summed E-state index contributed by atoms with van der Waals surface area (Å²) >= 11 is 0.